The molecule has 2 rings (SSSR count). The van der Waals surface area contributed by atoms with Crippen LogP contribution >= 0.6 is 11.8 Å². The molecule has 0 saturated carbocycles. The topological polar surface area (TPSA) is 28.2 Å². The van der Waals surface area contributed by atoms with Crippen molar-refractivity contribution in [3.63, 3.8) is 0 Å². The number of rotatable bonds is 3. The van der Waals surface area contributed by atoms with E-state index in [1.54, 1.807) is 0 Å². The van der Waals surface area contributed by atoms with Crippen LogP contribution in [0.4, 0.5) is 11.5 Å². The maximum absolute atomic E-state index is 4.40. The molecule has 1 aliphatic rings. The van der Waals surface area contributed by atoms with Crippen molar-refractivity contribution >= 4 is 23.3 Å². The number of hydrogen-bond acceptors (Lipinski definition) is 4. The van der Waals surface area contributed by atoms with Gasteiger partial charge in [-0.05, 0) is 30.7 Å². The van der Waals surface area contributed by atoms with Crippen LogP contribution in [0, 0.1) is 0 Å². The molecular weight excluding hydrogens is 218 g/mol. The molecule has 1 saturated heterocycles. The average molecular weight is 237 g/mol. The second kappa shape index (κ2) is 5.43. The molecule has 1 aromatic heterocycles. The summed E-state index contributed by atoms with van der Waals surface area (Å²) in [4.78, 5) is 6.45. The fraction of sp³-hybridized carbons (Fsp3) is 0.583. The van der Waals surface area contributed by atoms with E-state index in [2.05, 4.69) is 21.3 Å². The van der Waals surface area contributed by atoms with Gasteiger partial charge < -0.3 is 10.2 Å². The lowest BCUT2D eigenvalue weighted by Crippen LogP contribution is -2.27. The summed E-state index contributed by atoms with van der Waals surface area (Å²) in [6.45, 7) is 0. The Kier molecular flexibility index (Phi) is 3.93. The van der Waals surface area contributed by atoms with E-state index < -0.39 is 0 Å². The van der Waals surface area contributed by atoms with Gasteiger partial charge in [0.15, 0.2) is 5.82 Å². The monoisotopic (exact) mass is 237 g/mol. The van der Waals surface area contributed by atoms with Crippen molar-refractivity contribution in [2.45, 2.75) is 18.9 Å². The fourth-order valence-corrected chi connectivity index (χ4v) is 3.01. The van der Waals surface area contributed by atoms with Gasteiger partial charge in [-0.1, -0.05) is 0 Å². The maximum Gasteiger partial charge on any atom is 0.151 e. The van der Waals surface area contributed by atoms with Crippen LogP contribution in [0.15, 0.2) is 18.3 Å². The van der Waals surface area contributed by atoms with E-state index in [9.17, 15) is 0 Å². The molecule has 0 spiro atoms. The number of thioether (sulfide) groups is 1. The Labute approximate surface area is 102 Å². The molecule has 0 bridgehead atoms. The number of hydrogen-bond donors (Lipinski definition) is 1. The molecule has 0 amide bonds. The second-order valence-electron chi connectivity index (χ2n) is 4.33. The Morgan fingerprint density at radius 2 is 2.38 bits per heavy atom. The van der Waals surface area contributed by atoms with Crippen molar-refractivity contribution in [2.24, 2.45) is 0 Å². The molecule has 1 fully saturated rings. The van der Waals surface area contributed by atoms with Gasteiger partial charge in [-0.25, -0.2) is 4.98 Å². The predicted octanol–water partition coefficient (Wildman–Crippen LogP) is 2.46. The zero-order valence-corrected chi connectivity index (χ0v) is 10.8. The zero-order valence-electron chi connectivity index (χ0n) is 9.94. The molecule has 1 unspecified atom stereocenters. The van der Waals surface area contributed by atoms with Crippen LogP contribution in [0.1, 0.15) is 12.8 Å². The highest BCUT2D eigenvalue weighted by Crippen LogP contribution is 2.25. The molecule has 1 N–H and O–H groups in total. The first-order valence-electron chi connectivity index (χ1n) is 5.74. The first-order valence-corrected chi connectivity index (χ1v) is 6.89. The Morgan fingerprint density at radius 1 is 1.50 bits per heavy atom. The third-order valence-corrected chi connectivity index (χ3v) is 3.95. The number of nitrogens with one attached hydrogen (secondary N) is 1. The lowest BCUT2D eigenvalue weighted by Gasteiger charge is -2.25. The maximum atomic E-state index is 4.40. The highest BCUT2D eigenvalue weighted by Gasteiger charge is 2.15. The Bertz CT molecular complexity index is 335. The highest BCUT2D eigenvalue weighted by atomic mass is 32.2. The molecule has 0 aromatic carbocycles. The van der Waals surface area contributed by atoms with Gasteiger partial charge in [0.2, 0.25) is 0 Å². The molecule has 4 heteroatoms. The van der Waals surface area contributed by atoms with E-state index in [-0.39, 0.29) is 0 Å². The van der Waals surface area contributed by atoms with Gasteiger partial charge in [0.1, 0.15) is 0 Å². The van der Waals surface area contributed by atoms with Crippen molar-refractivity contribution in [3.05, 3.63) is 18.3 Å². The van der Waals surface area contributed by atoms with E-state index >= 15 is 0 Å². The second-order valence-corrected chi connectivity index (χ2v) is 5.48. The fourth-order valence-electron chi connectivity index (χ4n) is 1.94. The van der Waals surface area contributed by atoms with Gasteiger partial charge in [-0.3, -0.25) is 0 Å². The summed E-state index contributed by atoms with van der Waals surface area (Å²) in [6.07, 6.45) is 4.44. The molecule has 0 radical (unpaired) electrons. The van der Waals surface area contributed by atoms with Crippen LogP contribution in [0.2, 0.25) is 0 Å². The molecule has 0 aliphatic carbocycles. The van der Waals surface area contributed by atoms with E-state index in [1.165, 1.54) is 24.3 Å². The van der Waals surface area contributed by atoms with Crippen molar-refractivity contribution in [1.29, 1.82) is 0 Å². The highest BCUT2D eigenvalue weighted by molar-refractivity contribution is 7.99. The van der Waals surface area contributed by atoms with Crippen LogP contribution < -0.4 is 10.2 Å². The zero-order chi connectivity index (χ0) is 11.4. The smallest absolute Gasteiger partial charge is 0.151 e. The van der Waals surface area contributed by atoms with Crippen LogP contribution in [-0.4, -0.2) is 36.6 Å². The summed E-state index contributed by atoms with van der Waals surface area (Å²) < 4.78 is 0. The van der Waals surface area contributed by atoms with Crippen molar-refractivity contribution in [3.8, 4) is 0 Å². The lowest BCUT2D eigenvalue weighted by atomic mass is 10.2. The molecule has 2 heterocycles. The van der Waals surface area contributed by atoms with E-state index in [0.717, 1.165) is 11.5 Å². The SMILES string of the molecule is CN(C)c1ncccc1NC1CCCSC1. The van der Waals surface area contributed by atoms with Gasteiger partial charge in [-0.2, -0.15) is 11.8 Å². The first kappa shape index (κ1) is 11.6. The van der Waals surface area contributed by atoms with Gasteiger partial charge in [0.25, 0.3) is 0 Å². The van der Waals surface area contributed by atoms with Crippen LogP contribution in [-0.2, 0) is 0 Å². The summed E-state index contributed by atoms with van der Waals surface area (Å²) in [6, 6.07) is 4.70. The largest absolute Gasteiger partial charge is 0.378 e. The van der Waals surface area contributed by atoms with E-state index in [0.29, 0.717) is 6.04 Å². The summed E-state index contributed by atoms with van der Waals surface area (Å²) in [7, 11) is 4.06. The van der Waals surface area contributed by atoms with Gasteiger partial charge >= 0.3 is 0 Å². The summed E-state index contributed by atoms with van der Waals surface area (Å²) in [5.41, 5.74) is 1.15. The van der Waals surface area contributed by atoms with E-state index in [4.69, 9.17) is 0 Å². The minimum Gasteiger partial charge on any atom is -0.378 e. The average Bonchev–Trinajstić information content (AvgIpc) is 2.31. The number of anilines is 2. The van der Waals surface area contributed by atoms with Gasteiger partial charge in [0.05, 0.1) is 5.69 Å². The van der Waals surface area contributed by atoms with Gasteiger partial charge in [-0.15, -0.1) is 0 Å². The Balaban J connectivity index is 2.07. The molecule has 88 valence electrons. The van der Waals surface area contributed by atoms with Crippen LogP contribution in [0.5, 0.6) is 0 Å². The van der Waals surface area contributed by atoms with Crippen molar-refractivity contribution in [1.82, 2.24) is 4.98 Å². The van der Waals surface area contributed by atoms with Crippen LogP contribution in [0.3, 0.4) is 0 Å². The van der Waals surface area contributed by atoms with Gasteiger partial charge in [0, 0.05) is 32.1 Å². The minimum atomic E-state index is 0.599. The Hall–Kier alpha value is -0.900. The third-order valence-electron chi connectivity index (χ3n) is 2.73. The molecule has 1 atom stereocenters. The summed E-state index contributed by atoms with van der Waals surface area (Å²) >= 11 is 2.04. The number of nitrogens with zero attached hydrogens (tertiary/aromatic N) is 2. The normalized spacial score (nSPS) is 20.5. The molecule has 16 heavy (non-hydrogen) atoms. The summed E-state index contributed by atoms with van der Waals surface area (Å²) in [5, 5.41) is 3.61. The number of pyridine rings is 1. The minimum absolute atomic E-state index is 0.599. The van der Waals surface area contributed by atoms with Crippen LogP contribution in [0.25, 0.3) is 0 Å². The lowest BCUT2D eigenvalue weighted by molar-refractivity contribution is 0.684. The summed E-state index contributed by atoms with van der Waals surface area (Å²) in [5.74, 6) is 3.55. The Morgan fingerprint density at radius 3 is 3.06 bits per heavy atom. The van der Waals surface area contributed by atoms with Crippen molar-refractivity contribution < 1.29 is 0 Å². The molecule has 3 nitrogen and oxygen atoms in total. The molecule has 1 aromatic rings. The standard InChI is InChI=1S/C12H19N3S/c1-15(2)12-11(6-3-7-13-12)14-10-5-4-8-16-9-10/h3,6-7,10,14H,4-5,8-9H2,1-2H3. The van der Waals surface area contributed by atoms with E-state index in [1.807, 2.05) is 38.1 Å². The molecule has 1 aliphatic heterocycles. The first-order chi connectivity index (χ1) is 7.77. The quantitative estimate of drug-likeness (QED) is 0.874. The van der Waals surface area contributed by atoms with Crippen molar-refractivity contribution in [2.75, 3.05) is 35.8 Å². The predicted molar refractivity (Wildman–Crippen MR) is 72.5 cm³/mol. The third kappa shape index (κ3) is 2.82. The molecular formula is C12H19N3S. The number of aromatic nitrogens is 1.